The highest BCUT2D eigenvalue weighted by Crippen LogP contribution is 2.26. The van der Waals surface area contributed by atoms with Gasteiger partial charge >= 0.3 is 0 Å². The molecule has 0 spiro atoms. The quantitative estimate of drug-likeness (QED) is 0.464. The third kappa shape index (κ3) is 2.62. The fourth-order valence-corrected chi connectivity index (χ4v) is 1.54. The van der Waals surface area contributed by atoms with Crippen molar-refractivity contribution in [1.29, 1.82) is 0 Å². The summed E-state index contributed by atoms with van der Waals surface area (Å²) >= 11 is 3.86. The van der Waals surface area contributed by atoms with E-state index in [1.807, 2.05) is 0 Å². The molecule has 0 saturated carbocycles. The van der Waals surface area contributed by atoms with E-state index >= 15 is 0 Å². The molecule has 15 heavy (non-hydrogen) atoms. The van der Waals surface area contributed by atoms with Gasteiger partial charge in [0.25, 0.3) is 0 Å². The number of nitrogen functional groups attached to an aromatic ring is 1. The molecule has 3 nitrogen and oxygen atoms in total. The second-order valence-electron chi connectivity index (χ2n) is 3.40. The van der Waals surface area contributed by atoms with E-state index < -0.39 is 18.0 Å². The molecule has 0 saturated heterocycles. The van der Waals surface area contributed by atoms with E-state index in [1.165, 1.54) is 12.1 Å². The Morgan fingerprint density at radius 1 is 1.47 bits per heavy atom. The average Bonchev–Trinajstić information content (AvgIpc) is 2.21. The average molecular weight is 231 g/mol. The highest BCUT2D eigenvalue weighted by atomic mass is 32.1. The van der Waals surface area contributed by atoms with Gasteiger partial charge in [-0.1, -0.05) is 0 Å². The topological polar surface area (TPSA) is 66.5 Å². The molecule has 0 bridgehead atoms. The maximum absolute atomic E-state index is 13.0. The van der Waals surface area contributed by atoms with Crippen LogP contribution >= 0.6 is 12.6 Å². The number of benzene rings is 1. The van der Waals surface area contributed by atoms with Gasteiger partial charge < -0.3 is 15.9 Å². The van der Waals surface area contributed by atoms with Gasteiger partial charge in [-0.3, -0.25) is 0 Å². The minimum Gasteiger partial charge on any atom is -0.398 e. The first-order valence-electron chi connectivity index (χ1n) is 4.50. The molecular formula is C10H14FNO2S. The minimum atomic E-state index is -1.17. The molecule has 0 amide bonds. The van der Waals surface area contributed by atoms with Crippen LogP contribution in [0.5, 0.6) is 0 Å². The Balaban J connectivity index is 3.13. The van der Waals surface area contributed by atoms with Gasteiger partial charge in [-0.15, -0.1) is 0 Å². The van der Waals surface area contributed by atoms with Crippen LogP contribution in [0.15, 0.2) is 12.1 Å². The molecule has 4 N–H and O–H groups in total. The number of rotatable bonds is 3. The van der Waals surface area contributed by atoms with Gasteiger partial charge in [0.15, 0.2) is 0 Å². The van der Waals surface area contributed by atoms with Crippen molar-refractivity contribution < 1.29 is 14.6 Å². The summed E-state index contributed by atoms with van der Waals surface area (Å²) in [5.74, 6) is -0.435. The number of aliphatic hydroxyl groups excluding tert-OH is 2. The second kappa shape index (κ2) is 4.83. The fourth-order valence-electron chi connectivity index (χ4n) is 1.34. The molecule has 1 aromatic rings. The van der Waals surface area contributed by atoms with Crippen molar-refractivity contribution in [2.75, 3.05) is 11.5 Å². The van der Waals surface area contributed by atoms with Crippen LogP contribution in [0.1, 0.15) is 17.2 Å². The van der Waals surface area contributed by atoms with Gasteiger partial charge in [-0.25, -0.2) is 4.39 Å². The minimum absolute atomic E-state index is 0.0943. The molecular weight excluding hydrogens is 217 g/mol. The van der Waals surface area contributed by atoms with Gasteiger partial charge in [-0.05, 0) is 30.2 Å². The summed E-state index contributed by atoms with van der Waals surface area (Å²) in [5, 5.41) is 19.1. The van der Waals surface area contributed by atoms with Crippen LogP contribution in [0.3, 0.4) is 0 Å². The highest BCUT2D eigenvalue weighted by molar-refractivity contribution is 7.80. The summed E-state index contributed by atoms with van der Waals surface area (Å²) in [7, 11) is 0. The van der Waals surface area contributed by atoms with E-state index in [4.69, 9.17) is 5.73 Å². The number of hydrogen-bond donors (Lipinski definition) is 4. The summed E-state index contributed by atoms with van der Waals surface area (Å²) in [6.45, 7) is 1.67. The van der Waals surface area contributed by atoms with Gasteiger partial charge in [0, 0.05) is 11.4 Å². The molecule has 0 aliphatic carbocycles. The summed E-state index contributed by atoms with van der Waals surface area (Å²) in [6, 6.07) is 2.35. The Morgan fingerprint density at radius 3 is 2.60 bits per heavy atom. The van der Waals surface area contributed by atoms with E-state index in [1.54, 1.807) is 6.92 Å². The first kappa shape index (κ1) is 12.3. The van der Waals surface area contributed by atoms with Crippen molar-refractivity contribution in [2.45, 2.75) is 19.1 Å². The number of nitrogens with two attached hydrogens (primary N) is 1. The highest BCUT2D eigenvalue weighted by Gasteiger charge is 2.20. The van der Waals surface area contributed by atoms with E-state index in [-0.39, 0.29) is 11.4 Å². The molecule has 0 heterocycles. The van der Waals surface area contributed by atoms with Crippen LogP contribution in [-0.4, -0.2) is 22.1 Å². The predicted octanol–water partition coefficient (Wildman–Crippen LogP) is 1.04. The van der Waals surface area contributed by atoms with Crippen LogP contribution in [0, 0.1) is 12.7 Å². The third-order valence-corrected chi connectivity index (χ3v) is 2.70. The molecule has 0 fully saturated rings. The van der Waals surface area contributed by atoms with Crippen molar-refractivity contribution in [3.63, 3.8) is 0 Å². The van der Waals surface area contributed by atoms with E-state index in [2.05, 4.69) is 12.6 Å². The zero-order chi connectivity index (χ0) is 11.6. The van der Waals surface area contributed by atoms with E-state index in [0.717, 1.165) is 0 Å². The zero-order valence-corrected chi connectivity index (χ0v) is 9.21. The second-order valence-corrected chi connectivity index (χ2v) is 3.77. The molecule has 2 atom stereocenters. The maximum Gasteiger partial charge on any atom is 0.125 e. The van der Waals surface area contributed by atoms with E-state index in [0.29, 0.717) is 11.1 Å². The van der Waals surface area contributed by atoms with Gasteiger partial charge in [0.05, 0.1) is 6.10 Å². The number of aliphatic hydroxyl groups is 2. The van der Waals surface area contributed by atoms with Gasteiger partial charge in [0.2, 0.25) is 0 Å². The van der Waals surface area contributed by atoms with Crippen LogP contribution in [0.4, 0.5) is 10.1 Å². The maximum atomic E-state index is 13.0. The van der Waals surface area contributed by atoms with E-state index in [9.17, 15) is 14.6 Å². The summed E-state index contributed by atoms with van der Waals surface area (Å²) < 4.78 is 13.0. The normalized spacial score (nSPS) is 15.0. The van der Waals surface area contributed by atoms with Crippen LogP contribution in [0.2, 0.25) is 0 Å². The fraction of sp³-hybridized carbons (Fsp3) is 0.400. The first-order valence-corrected chi connectivity index (χ1v) is 5.13. The number of anilines is 1. The summed E-state index contributed by atoms with van der Waals surface area (Å²) in [4.78, 5) is 0. The largest absolute Gasteiger partial charge is 0.398 e. The molecule has 1 aromatic carbocycles. The summed E-state index contributed by atoms with van der Waals surface area (Å²) in [6.07, 6.45) is -2.20. The molecule has 1 rings (SSSR count). The lowest BCUT2D eigenvalue weighted by atomic mass is 9.98. The molecule has 0 aliphatic rings. The lowest BCUT2D eigenvalue weighted by molar-refractivity contribution is 0.0332. The molecule has 0 aromatic heterocycles. The molecule has 84 valence electrons. The zero-order valence-electron chi connectivity index (χ0n) is 8.31. The van der Waals surface area contributed by atoms with Crippen molar-refractivity contribution in [3.05, 3.63) is 29.1 Å². The van der Waals surface area contributed by atoms with Crippen molar-refractivity contribution in [2.24, 2.45) is 0 Å². The van der Waals surface area contributed by atoms with Crippen LogP contribution < -0.4 is 5.73 Å². The number of thiol groups is 1. The molecule has 0 radical (unpaired) electrons. The Kier molecular flexibility index (Phi) is 3.96. The van der Waals surface area contributed by atoms with Crippen molar-refractivity contribution in [1.82, 2.24) is 0 Å². The lowest BCUT2D eigenvalue weighted by Gasteiger charge is -2.19. The Hall–Kier alpha value is -0.780. The van der Waals surface area contributed by atoms with Crippen LogP contribution in [0.25, 0.3) is 0 Å². The van der Waals surface area contributed by atoms with Gasteiger partial charge in [-0.2, -0.15) is 12.6 Å². The number of hydrogen-bond acceptors (Lipinski definition) is 4. The van der Waals surface area contributed by atoms with Gasteiger partial charge in [0.1, 0.15) is 11.9 Å². The number of halogens is 1. The Labute approximate surface area is 93.1 Å². The summed E-state index contributed by atoms with van der Waals surface area (Å²) in [5.41, 5.74) is 6.68. The smallest absolute Gasteiger partial charge is 0.125 e. The molecule has 2 unspecified atom stereocenters. The van der Waals surface area contributed by atoms with Crippen LogP contribution in [-0.2, 0) is 0 Å². The van der Waals surface area contributed by atoms with Crippen molar-refractivity contribution in [3.8, 4) is 0 Å². The third-order valence-electron chi connectivity index (χ3n) is 2.32. The monoisotopic (exact) mass is 231 g/mol. The lowest BCUT2D eigenvalue weighted by Crippen LogP contribution is -2.21. The molecule has 0 aliphatic heterocycles. The Bertz CT molecular complexity index is 360. The van der Waals surface area contributed by atoms with Crippen molar-refractivity contribution >= 4 is 18.3 Å². The predicted molar refractivity (Wildman–Crippen MR) is 60.4 cm³/mol. The first-order chi connectivity index (χ1) is 6.97. The standard InChI is InChI=1S/C10H14FNO2S/c1-5-7(10(14)9(13)4-15)2-6(11)3-8(5)12/h2-3,9-10,13-15H,4,12H2,1H3. The molecule has 5 heteroatoms. The SMILES string of the molecule is Cc1c(N)cc(F)cc1C(O)C(O)CS. The Morgan fingerprint density at radius 2 is 2.07 bits per heavy atom.